The minimum Gasteiger partial charge on any atom is -0.406 e. The summed E-state index contributed by atoms with van der Waals surface area (Å²) in [6.07, 6.45) is -4.80. The van der Waals surface area contributed by atoms with Crippen LogP contribution in [0.1, 0.15) is 11.1 Å². The molecule has 1 amide bonds. The highest BCUT2D eigenvalue weighted by molar-refractivity contribution is 8.00. The fourth-order valence-electron chi connectivity index (χ4n) is 3.61. The number of alkyl halides is 3. The van der Waals surface area contributed by atoms with Gasteiger partial charge in [0.05, 0.1) is 17.0 Å². The second-order valence-corrected chi connectivity index (χ2v) is 9.53. The molecule has 0 spiro atoms. The number of carbonyl (C=O) groups excluding carboxylic acids is 1. The normalized spacial score (nSPS) is 11.1. The zero-order chi connectivity index (χ0) is 27.3. The molecular weight excluding hydrogens is 535 g/mol. The zero-order valence-electron chi connectivity index (χ0n) is 19.8. The van der Waals surface area contributed by atoms with Crippen LogP contribution in [-0.4, -0.2) is 23.0 Å². The molecule has 0 unspecified atom stereocenters. The van der Waals surface area contributed by atoms with Gasteiger partial charge in [0.25, 0.3) is 0 Å². The average Bonchev–Trinajstić information content (AvgIpc) is 2.87. The molecule has 0 radical (unpaired) electrons. The molecule has 5 nitrogen and oxygen atoms in total. The predicted octanol–water partition coefficient (Wildman–Crippen LogP) is 7.88. The summed E-state index contributed by atoms with van der Waals surface area (Å²) in [6, 6.07) is 23.8. The van der Waals surface area contributed by atoms with Crippen LogP contribution in [0.2, 0.25) is 5.02 Å². The SMILES string of the molecule is Cc1cccc(-c2cc(-c3ccc(Cl)cc3)nc(SCC(=O)Nc3ccc(OC(F)(F)F)cc3)c2C#N)c1. The van der Waals surface area contributed by atoms with Gasteiger partial charge in [0.2, 0.25) is 5.91 Å². The van der Waals surface area contributed by atoms with E-state index < -0.39 is 18.0 Å². The third kappa shape index (κ3) is 7.06. The number of pyridine rings is 1. The number of ether oxygens (including phenoxy) is 1. The van der Waals surface area contributed by atoms with Gasteiger partial charge in [-0.2, -0.15) is 5.26 Å². The first-order valence-corrected chi connectivity index (χ1v) is 12.5. The summed E-state index contributed by atoms with van der Waals surface area (Å²) in [5.41, 5.74) is 4.58. The van der Waals surface area contributed by atoms with Gasteiger partial charge < -0.3 is 10.1 Å². The molecule has 192 valence electrons. The van der Waals surface area contributed by atoms with Crippen LogP contribution in [0.5, 0.6) is 5.75 Å². The number of thioether (sulfide) groups is 1. The first-order chi connectivity index (χ1) is 18.1. The zero-order valence-corrected chi connectivity index (χ0v) is 21.4. The first kappa shape index (κ1) is 27.0. The largest absolute Gasteiger partial charge is 0.573 e. The Kier molecular flexibility index (Phi) is 8.25. The van der Waals surface area contributed by atoms with Crippen molar-refractivity contribution in [3.8, 4) is 34.2 Å². The lowest BCUT2D eigenvalue weighted by Crippen LogP contribution is -2.17. The molecule has 0 saturated carbocycles. The van der Waals surface area contributed by atoms with Crippen molar-refractivity contribution in [3.05, 3.63) is 95.0 Å². The van der Waals surface area contributed by atoms with Gasteiger partial charge >= 0.3 is 6.36 Å². The fourth-order valence-corrected chi connectivity index (χ4v) is 4.54. The minimum absolute atomic E-state index is 0.0835. The van der Waals surface area contributed by atoms with E-state index in [0.717, 1.165) is 40.6 Å². The van der Waals surface area contributed by atoms with Gasteiger partial charge in [-0.05, 0) is 55.0 Å². The summed E-state index contributed by atoms with van der Waals surface area (Å²) in [5.74, 6) is -0.894. The Bertz CT molecular complexity index is 1500. The molecule has 0 bridgehead atoms. The summed E-state index contributed by atoms with van der Waals surface area (Å²) in [7, 11) is 0. The van der Waals surface area contributed by atoms with E-state index in [1.165, 1.54) is 12.1 Å². The summed E-state index contributed by atoms with van der Waals surface area (Å²) in [6.45, 7) is 1.96. The van der Waals surface area contributed by atoms with E-state index >= 15 is 0 Å². The number of benzene rings is 3. The molecule has 1 heterocycles. The van der Waals surface area contributed by atoms with Gasteiger partial charge in [0, 0.05) is 21.8 Å². The Labute approximate surface area is 226 Å². The van der Waals surface area contributed by atoms with Gasteiger partial charge in [0.1, 0.15) is 16.8 Å². The highest BCUT2D eigenvalue weighted by Gasteiger charge is 2.31. The molecule has 0 saturated heterocycles. The van der Waals surface area contributed by atoms with E-state index in [0.29, 0.717) is 32.6 Å². The van der Waals surface area contributed by atoms with Crippen LogP contribution in [0.25, 0.3) is 22.4 Å². The predicted molar refractivity (Wildman–Crippen MR) is 142 cm³/mol. The standard InChI is InChI=1S/C28H19ClF3N3O2S/c1-17-3-2-4-19(13-17)23-14-25(18-5-7-20(29)8-6-18)35-27(24(23)15-33)38-16-26(36)34-21-9-11-22(12-10-21)37-28(30,31)32/h2-14H,16H2,1H3,(H,34,36). The smallest absolute Gasteiger partial charge is 0.406 e. The first-order valence-electron chi connectivity index (χ1n) is 11.2. The maximum Gasteiger partial charge on any atom is 0.573 e. The second-order valence-electron chi connectivity index (χ2n) is 8.13. The lowest BCUT2D eigenvalue weighted by atomic mass is 9.98. The number of nitriles is 1. The van der Waals surface area contributed by atoms with Crippen LogP contribution in [-0.2, 0) is 4.79 Å². The quantitative estimate of drug-likeness (QED) is 0.236. The highest BCUT2D eigenvalue weighted by atomic mass is 35.5. The van der Waals surface area contributed by atoms with Crippen molar-refractivity contribution in [1.29, 1.82) is 5.26 Å². The van der Waals surface area contributed by atoms with Gasteiger partial charge in [-0.25, -0.2) is 4.98 Å². The molecule has 1 N–H and O–H groups in total. The van der Waals surface area contributed by atoms with Gasteiger partial charge in [-0.15, -0.1) is 13.2 Å². The van der Waals surface area contributed by atoms with Crippen LogP contribution in [0.15, 0.2) is 83.9 Å². The minimum atomic E-state index is -4.80. The average molecular weight is 554 g/mol. The summed E-state index contributed by atoms with van der Waals surface area (Å²) >= 11 is 7.13. The molecule has 10 heteroatoms. The van der Waals surface area contributed by atoms with Crippen molar-refractivity contribution >= 4 is 35.0 Å². The van der Waals surface area contributed by atoms with E-state index in [4.69, 9.17) is 11.6 Å². The number of aromatic nitrogens is 1. The number of rotatable bonds is 7. The molecule has 0 fully saturated rings. The molecule has 0 aliphatic carbocycles. The second kappa shape index (κ2) is 11.6. The monoisotopic (exact) mass is 553 g/mol. The van der Waals surface area contributed by atoms with Crippen LogP contribution < -0.4 is 10.1 Å². The van der Waals surface area contributed by atoms with E-state index in [1.807, 2.05) is 49.4 Å². The lowest BCUT2D eigenvalue weighted by Gasteiger charge is -2.13. The van der Waals surface area contributed by atoms with Gasteiger partial charge in [0.15, 0.2) is 0 Å². The number of aryl methyl sites for hydroxylation is 1. The van der Waals surface area contributed by atoms with Gasteiger partial charge in [-0.1, -0.05) is 65.3 Å². The van der Waals surface area contributed by atoms with Crippen molar-refractivity contribution in [3.63, 3.8) is 0 Å². The van der Waals surface area contributed by atoms with E-state index in [2.05, 4.69) is 21.1 Å². The van der Waals surface area contributed by atoms with Crippen molar-refractivity contribution in [2.75, 3.05) is 11.1 Å². The number of nitrogens with one attached hydrogen (secondary N) is 1. The fraction of sp³-hybridized carbons (Fsp3) is 0.107. The molecular formula is C28H19ClF3N3O2S. The van der Waals surface area contributed by atoms with Crippen molar-refractivity contribution in [2.45, 2.75) is 18.3 Å². The van der Waals surface area contributed by atoms with Gasteiger partial charge in [-0.3, -0.25) is 4.79 Å². The number of hydrogen-bond donors (Lipinski definition) is 1. The molecule has 0 aliphatic rings. The van der Waals surface area contributed by atoms with Crippen LogP contribution >= 0.6 is 23.4 Å². The molecule has 4 rings (SSSR count). The Hall–Kier alpha value is -4.00. The van der Waals surface area contributed by atoms with Crippen molar-refractivity contribution < 1.29 is 22.7 Å². The van der Waals surface area contributed by atoms with E-state index in [-0.39, 0.29) is 5.75 Å². The number of halogens is 4. The molecule has 4 aromatic rings. The van der Waals surface area contributed by atoms with Crippen molar-refractivity contribution in [2.24, 2.45) is 0 Å². The Morgan fingerprint density at radius 1 is 1.05 bits per heavy atom. The summed E-state index contributed by atoms with van der Waals surface area (Å²) < 4.78 is 40.9. The Morgan fingerprint density at radius 3 is 2.39 bits per heavy atom. The number of anilines is 1. The van der Waals surface area contributed by atoms with Crippen LogP contribution in [0.3, 0.4) is 0 Å². The number of nitrogens with zero attached hydrogens (tertiary/aromatic N) is 2. The summed E-state index contributed by atoms with van der Waals surface area (Å²) in [5, 5.41) is 13.6. The lowest BCUT2D eigenvalue weighted by molar-refractivity contribution is -0.274. The van der Waals surface area contributed by atoms with Crippen LogP contribution in [0.4, 0.5) is 18.9 Å². The number of amides is 1. The van der Waals surface area contributed by atoms with E-state index in [9.17, 15) is 23.2 Å². The van der Waals surface area contributed by atoms with Crippen LogP contribution in [0, 0.1) is 18.3 Å². The van der Waals surface area contributed by atoms with E-state index in [1.54, 1.807) is 12.1 Å². The molecule has 3 aromatic carbocycles. The number of carbonyl (C=O) groups is 1. The Morgan fingerprint density at radius 2 is 1.76 bits per heavy atom. The third-order valence-electron chi connectivity index (χ3n) is 5.28. The molecule has 0 atom stereocenters. The maximum atomic E-state index is 12.6. The topological polar surface area (TPSA) is 75.0 Å². The highest BCUT2D eigenvalue weighted by Crippen LogP contribution is 2.35. The molecule has 1 aromatic heterocycles. The third-order valence-corrected chi connectivity index (χ3v) is 6.51. The Balaban J connectivity index is 1.60. The number of hydrogen-bond acceptors (Lipinski definition) is 5. The van der Waals surface area contributed by atoms with Crippen molar-refractivity contribution in [1.82, 2.24) is 4.98 Å². The maximum absolute atomic E-state index is 12.6. The summed E-state index contributed by atoms with van der Waals surface area (Å²) in [4.78, 5) is 17.3. The molecule has 0 aliphatic heterocycles. The molecule has 38 heavy (non-hydrogen) atoms.